The summed E-state index contributed by atoms with van der Waals surface area (Å²) in [6, 6.07) is 6.89. The molecule has 0 amide bonds. The molecule has 0 N–H and O–H groups in total. The second kappa shape index (κ2) is 6.55. The number of benzene rings is 1. The molecule has 1 aromatic carbocycles. The number of rotatable bonds is 4. The van der Waals surface area contributed by atoms with Gasteiger partial charge in [-0.25, -0.2) is 4.39 Å². The van der Waals surface area contributed by atoms with Crippen molar-refractivity contribution >= 4 is 0 Å². The van der Waals surface area contributed by atoms with Crippen LogP contribution >= 0.6 is 0 Å². The minimum absolute atomic E-state index is 0.249. The van der Waals surface area contributed by atoms with Crippen LogP contribution in [-0.4, -0.2) is 43.3 Å². The van der Waals surface area contributed by atoms with Crippen molar-refractivity contribution in [3.05, 3.63) is 30.1 Å². The molecule has 3 rings (SSSR count). The van der Waals surface area contributed by atoms with Gasteiger partial charge in [-0.1, -0.05) is 18.9 Å². The quantitative estimate of drug-likeness (QED) is 0.846. The highest BCUT2D eigenvalue weighted by Crippen LogP contribution is 2.28. The van der Waals surface area contributed by atoms with Crippen LogP contribution in [0.25, 0.3) is 0 Å². The van der Waals surface area contributed by atoms with Crippen LogP contribution in [0.5, 0.6) is 5.75 Å². The molecule has 0 aromatic heterocycles. The summed E-state index contributed by atoms with van der Waals surface area (Å²) in [7, 11) is 0. The number of nitrogens with zero attached hydrogens (tertiary/aromatic N) is 1. The molecule has 1 saturated heterocycles. The lowest BCUT2D eigenvalue weighted by Gasteiger charge is -2.43. The van der Waals surface area contributed by atoms with Crippen molar-refractivity contribution in [2.75, 3.05) is 26.3 Å². The van der Waals surface area contributed by atoms with Gasteiger partial charge < -0.3 is 9.47 Å². The van der Waals surface area contributed by atoms with E-state index in [2.05, 4.69) is 4.90 Å². The minimum atomic E-state index is -0.249. The maximum atomic E-state index is 13.1. The molecule has 2 atom stereocenters. The second-order valence-corrected chi connectivity index (χ2v) is 5.60. The van der Waals surface area contributed by atoms with Crippen molar-refractivity contribution in [3.63, 3.8) is 0 Å². The first-order valence-electron chi connectivity index (χ1n) is 7.57. The van der Waals surface area contributed by atoms with Crippen LogP contribution < -0.4 is 4.74 Å². The molecule has 0 bridgehead atoms. The van der Waals surface area contributed by atoms with Crippen LogP contribution in [0.4, 0.5) is 4.39 Å². The summed E-state index contributed by atoms with van der Waals surface area (Å²) in [6.07, 6.45) is 5.41. The zero-order valence-electron chi connectivity index (χ0n) is 11.8. The Labute approximate surface area is 119 Å². The van der Waals surface area contributed by atoms with Gasteiger partial charge in [0.25, 0.3) is 0 Å². The van der Waals surface area contributed by atoms with Crippen molar-refractivity contribution in [2.45, 2.75) is 37.8 Å². The maximum Gasteiger partial charge on any atom is 0.126 e. The number of hydrogen-bond acceptors (Lipinski definition) is 3. The van der Waals surface area contributed by atoms with E-state index in [9.17, 15) is 4.39 Å². The van der Waals surface area contributed by atoms with Crippen molar-refractivity contribution in [1.29, 1.82) is 0 Å². The lowest BCUT2D eigenvalue weighted by molar-refractivity contribution is -0.0901. The van der Waals surface area contributed by atoms with Crippen molar-refractivity contribution < 1.29 is 13.9 Å². The molecule has 1 heterocycles. The summed E-state index contributed by atoms with van der Waals surface area (Å²) < 4.78 is 24.6. The van der Waals surface area contributed by atoms with Crippen LogP contribution in [0.2, 0.25) is 0 Å². The molecule has 4 heteroatoms. The molecular formula is C16H22FNO2. The molecule has 1 saturated carbocycles. The minimum Gasteiger partial charge on any atom is -0.492 e. The Morgan fingerprint density at radius 3 is 3.10 bits per heavy atom. The highest BCUT2D eigenvalue weighted by atomic mass is 19.1. The second-order valence-electron chi connectivity index (χ2n) is 5.60. The summed E-state index contributed by atoms with van der Waals surface area (Å²) in [4.78, 5) is 2.48. The van der Waals surface area contributed by atoms with Gasteiger partial charge in [0.1, 0.15) is 18.2 Å². The van der Waals surface area contributed by atoms with Crippen LogP contribution in [0.15, 0.2) is 24.3 Å². The van der Waals surface area contributed by atoms with Gasteiger partial charge in [0.05, 0.1) is 12.7 Å². The lowest BCUT2D eigenvalue weighted by Crippen LogP contribution is -2.53. The molecule has 0 unspecified atom stereocenters. The van der Waals surface area contributed by atoms with Crippen LogP contribution in [0, 0.1) is 5.82 Å². The third kappa shape index (κ3) is 3.30. The highest BCUT2D eigenvalue weighted by molar-refractivity contribution is 5.22. The molecule has 110 valence electrons. The van der Waals surface area contributed by atoms with Gasteiger partial charge in [0.2, 0.25) is 0 Å². The fraction of sp³-hybridized carbons (Fsp3) is 0.625. The molecule has 1 aliphatic carbocycles. The molecule has 0 radical (unpaired) electrons. The van der Waals surface area contributed by atoms with E-state index in [0.29, 0.717) is 24.5 Å². The van der Waals surface area contributed by atoms with E-state index in [1.165, 1.54) is 37.8 Å². The van der Waals surface area contributed by atoms with Crippen LogP contribution in [0.1, 0.15) is 25.7 Å². The van der Waals surface area contributed by atoms with E-state index in [1.807, 2.05) is 0 Å². The van der Waals surface area contributed by atoms with Gasteiger partial charge in [-0.15, -0.1) is 0 Å². The standard InChI is InChI=1S/C16H22FNO2/c17-13-4-3-5-14(12-13)19-10-8-18-9-11-20-16-7-2-1-6-15(16)18/h3-5,12,15-16H,1-2,6-11H2/t15-,16+/m1/s1. The van der Waals surface area contributed by atoms with Crippen molar-refractivity contribution in [1.82, 2.24) is 4.90 Å². The van der Waals surface area contributed by atoms with E-state index in [0.717, 1.165) is 19.7 Å². The van der Waals surface area contributed by atoms with E-state index < -0.39 is 0 Å². The average Bonchev–Trinajstić information content (AvgIpc) is 2.48. The highest BCUT2D eigenvalue weighted by Gasteiger charge is 2.33. The molecular weight excluding hydrogens is 257 g/mol. The smallest absolute Gasteiger partial charge is 0.126 e. The van der Waals surface area contributed by atoms with Gasteiger partial charge in [-0.05, 0) is 25.0 Å². The molecule has 3 nitrogen and oxygen atoms in total. The summed E-state index contributed by atoms with van der Waals surface area (Å²) in [6.45, 7) is 3.29. The Morgan fingerprint density at radius 2 is 2.20 bits per heavy atom. The van der Waals surface area contributed by atoms with Crippen molar-refractivity contribution in [3.8, 4) is 5.75 Å². The Kier molecular flexibility index (Phi) is 4.53. The van der Waals surface area contributed by atoms with Gasteiger partial charge in [0, 0.05) is 25.2 Å². The monoisotopic (exact) mass is 279 g/mol. The first-order chi connectivity index (χ1) is 9.83. The fourth-order valence-corrected chi connectivity index (χ4v) is 3.29. The summed E-state index contributed by atoms with van der Waals surface area (Å²) in [5.74, 6) is 0.361. The van der Waals surface area contributed by atoms with E-state index >= 15 is 0 Å². The zero-order valence-corrected chi connectivity index (χ0v) is 11.8. The molecule has 1 aromatic rings. The molecule has 1 aliphatic heterocycles. The SMILES string of the molecule is Fc1cccc(OCCN2CCO[C@H]3CCCC[C@H]32)c1. The number of ether oxygens (including phenoxy) is 2. The van der Waals surface area contributed by atoms with Gasteiger partial charge in [-0.2, -0.15) is 0 Å². The van der Waals surface area contributed by atoms with Crippen molar-refractivity contribution in [2.24, 2.45) is 0 Å². The summed E-state index contributed by atoms with van der Waals surface area (Å²) in [5.41, 5.74) is 0. The molecule has 2 aliphatic rings. The zero-order chi connectivity index (χ0) is 13.8. The largest absolute Gasteiger partial charge is 0.492 e. The lowest BCUT2D eigenvalue weighted by atomic mass is 9.90. The number of halogens is 1. The Hall–Kier alpha value is -1.13. The molecule has 0 spiro atoms. The van der Waals surface area contributed by atoms with Crippen LogP contribution in [-0.2, 0) is 4.74 Å². The van der Waals surface area contributed by atoms with Crippen LogP contribution in [0.3, 0.4) is 0 Å². The van der Waals surface area contributed by atoms with E-state index in [-0.39, 0.29) is 5.82 Å². The number of hydrogen-bond donors (Lipinski definition) is 0. The molecule has 20 heavy (non-hydrogen) atoms. The third-order valence-corrected chi connectivity index (χ3v) is 4.29. The topological polar surface area (TPSA) is 21.7 Å². The normalized spacial score (nSPS) is 27.1. The molecule has 2 fully saturated rings. The Balaban J connectivity index is 1.50. The van der Waals surface area contributed by atoms with Gasteiger partial charge in [-0.3, -0.25) is 4.90 Å². The van der Waals surface area contributed by atoms with E-state index in [1.54, 1.807) is 12.1 Å². The number of fused-ring (bicyclic) bond motifs is 1. The maximum absolute atomic E-state index is 13.1. The first kappa shape index (κ1) is 13.8. The number of morpholine rings is 1. The van der Waals surface area contributed by atoms with Gasteiger partial charge >= 0.3 is 0 Å². The summed E-state index contributed by atoms with van der Waals surface area (Å²) >= 11 is 0. The predicted octanol–water partition coefficient (Wildman–Crippen LogP) is 2.85. The Morgan fingerprint density at radius 1 is 1.30 bits per heavy atom. The van der Waals surface area contributed by atoms with E-state index in [4.69, 9.17) is 9.47 Å². The average molecular weight is 279 g/mol. The first-order valence-corrected chi connectivity index (χ1v) is 7.57. The predicted molar refractivity (Wildman–Crippen MR) is 75.5 cm³/mol. The van der Waals surface area contributed by atoms with Gasteiger partial charge in [0.15, 0.2) is 0 Å². The summed E-state index contributed by atoms with van der Waals surface area (Å²) in [5, 5.41) is 0. The Bertz CT molecular complexity index is 438. The fourth-order valence-electron chi connectivity index (χ4n) is 3.29. The third-order valence-electron chi connectivity index (χ3n) is 4.29.